The first-order chi connectivity index (χ1) is 13.6. The van der Waals surface area contributed by atoms with Crippen molar-refractivity contribution in [2.24, 2.45) is 0 Å². The maximum Gasteiger partial charge on any atom is 0.243 e. The van der Waals surface area contributed by atoms with E-state index in [4.69, 9.17) is 0 Å². The molecular weight excluding hydrogens is 359 g/mol. The van der Waals surface area contributed by atoms with Crippen LogP contribution in [0.15, 0.2) is 54.6 Å². The Morgan fingerprint density at radius 2 is 1.50 bits per heavy atom. The van der Waals surface area contributed by atoms with Crippen molar-refractivity contribution in [3.8, 4) is 0 Å². The van der Waals surface area contributed by atoms with Gasteiger partial charge in [-0.3, -0.25) is 19.4 Å². The van der Waals surface area contributed by atoms with Crippen molar-refractivity contribution in [3.63, 3.8) is 0 Å². The van der Waals surface area contributed by atoms with Gasteiger partial charge >= 0.3 is 0 Å². The summed E-state index contributed by atoms with van der Waals surface area (Å²) in [5.41, 5.74) is 1.79. The third-order valence-corrected chi connectivity index (χ3v) is 4.66. The van der Waals surface area contributed by atoms with Gasteiger partial charge < -0.3 is 10.6 Å². The maximum absolute atomic E-state index is 12.9. The Hall–Kier alpha value is -2.77. The number of nitrogens with one attached hydrogen (secondary N) is 2. The molecule has 2 aromatic rings. The number of hydrogen-bond donors (Lipinski definition) is 2. The minimum absolute atomic E-state index is 0.107. The second-order valence-corrected chi connectivity index (χ2v) is 6.87. The molecule has 7 heteroatoms. The van der Waals surface area contributed by atoms with Crippen LogP contribution < -0.4 is 10.6 Å². The van der Waals surface area contributed by atoms with Gasteiger partial charge in [-0.15, -0.1) is 0 Å². The lowest BCUT2D eigenvalue weighted by Crippen LogP contribution is -2.49. The largest absolute Gasteiger partial charge is 0.346 e. The molecule has 2 N–H and O–H groups in total. The van der Waals surface area contributed by atoms with Gasteiger partial charge in [-0.2, -0.15) is 0 Å². The zero-order valence-corrected chi connectivity index (χ0v) is 15.7. The molecule has 148 valence electrons. The first-order valence-corrected chi connectivity index (χ1v) is 9.39. The highest BCUT2D eigenvalue weighted by Crippen LogP contribution is 2.09. The van der Waals surface area contributed by atoms with Crippen LogP contribution in [-0.4, -0.2) is 60.9 Å². The fourth-order valence-electron chi connectivity index (χ4n) is 3.12. The number of piperazine rings is 1. The Bertz CT molecular complexity index is 775. The van der Waals surface area contributed by atoms with Crippen LogP contribution in [0, 0.1) is 5.82 Å². The minimum Gasteiger partial charge on any atom is -0.346 e. The zero-order chi connectivity index (χ0) is 19.8. The lowest BCUT2D eigenvalue weighted by Gasteiger charge is -2.34. The van der Waals surface area contributed by atoms with Crippen molar-refractivity contribution >= 4 is 17.5 Å². The van der Waals surface area contributed by atoms with Gasteiger partial charge in [0.1, 0.15) is 5.82 Å². The molecule has 0 aromatic heterocycles. The average molecular weight is 384 g/mol. The zero-order valence-electron chi connectivity index (χ0n) is 15.7. The van der Waals surface area contributed by atoms with Crippen molar-refractivity contribution in [3.05, 3.63) is 66.0 Å². The number of carbonyl (C=O) groups is 2. The van der Waals surface area contributed by atoms with Crippen LogP contribution in [0.2, 0.25) is 0 Å². The molecular formula is C21H25FN4O2. The lowest BCUT2D eigenvalue weighted by molar-refractivity contribution is -0.125. The molecule has 6 nitrogen and oxygen atoms in total. The summed E-state index contributed by atoms with van der Waals surface area (Å²) in [6.45, 7) is 4.56. The number of hydrogen-bond acceptors (Lipinski definition) is 4. The van der Waals surface area contributed by atoms with E-state index in [1.807, 2.05) is 18.2 Å². The van der Waals surface area contributed by atoms with E-state index in [2.05, 4.69) is 32.6 Å². The molecule has 0 spiro atoms. The molecule has 0 saturated carbocycles. The van der Waals surface area contributed by atoms with Crippen molar-refractivity contribution in [2.45, 2.75) is 6.54 Å². The van der Waals surface area contributed by atoms with Gasteiger partial charge in [-0.05, 0) is 29.8 Å². The molecule has 0 aliphatic carbocycles. The second-order valence-electron chi connectivity index (χ2n) is 6.87. The van der Waals surface area contributed by atoms with Gasteiger partial charge in [0.15, 0.2) is 0 Å². The summed E-state index contributed by atoms with van der Waals surface area (Å²) in [5.74, 6) is -0.881. The van der Waals surface area contributed by atoms with E-state index in [1.165, 1.54) is 29.8 Å². The van der Waals surface area contributed by atoms with Crippen LogP contribution in [0.3, 0.4) is 0 Å². The Kier molecular flexibility index (Phi) is 7.11. The molecule has 1 saturated heterocycles. The van der Waals surface area contributed by atoms with E-state index in [0.29, 0.717) is 5.69 Å². The van der Waals surface area contributed by atoms with Gasteiger partial charge in [-0.25, -0.2) is 4.39 Å². The van der Waals surface area contributed by atoms with Crippen LogP contribution >= 0.6 is 0 Å². The predicted molar refractivity (Wildman–Crippen MR) is 106 cm³/mol. The highest BCUT2D eigenvalue weighted by molar-refractivity contribution is 5.94. The predicted octanol–water partition coefficient (Wildman–Crippen LogP) is 1.70. The normalized spacial score (nSPS) is 15.2. The molecule has 3 rings (SSSR count). The summed E-state index contributed by atoms with van der Waals surface area (Å²) in [6.07, 6.45) is 0. The van der Waals surface area contributed by atoms with Gasteiger partial charge in [0, 0.05) is 38.4 Å². The standard InChI is InChI=1S/C21H25FN4O2/c22-18-6-8-19(9-7-18)24-20(27)14-23-21(28)16-26-12-10-25(11-13-26)15-17-4-2-1-3-5-17/h1-9H,10-16H2,(H,23,28)(H,24,27). The first-order valence-electron chi connectivity index (χ1n) is 9.39. The maximum atomic E-state index is 12.9. The van der Waals surface area contributed by atoms with E-state index in [1.54, 1.807) is 0 Å². The number of carbonyl (C=O) groups excluding carboxylic acids is 2. The highest BCUT2D eigenvalue weighted by Gasteiger charge is 2.19. The molecule has 1 heterocycles. The highest BCUT2D eigenvalue weighted by atomic mass is 19.1. The Morgan fingerprint density at radius 3 is 2.18 bits per heavy atom. The molecule has 1 aliphatic heterocycles. The Morgan fingerprint density at radius 1 is 0.857 bits per heavy atom. The van der Waals surface area contributed by atoms with E-state index in [9.17, 15) is 14.0 Å². The third-order valence-electron chi connectivity index (χ3n) is 4.66. The smallest absolute Gasteiger partial charge is 0.243 e. The third kappa shape index (κ3) is 6.44. The summed E-state index contributed by atoms with van der Waals surface area (Å²) in [6, 6.07) is 15.8. The van der Waals surface area contributed by atoms with Gasteiger partial charge in [0.05, 0.1) is 13.1 Å². The van der Waals surface area contributed by atoms with Crippen molar-refractivity contribution < 1.29 is 14.0 Å². The van der Waals surface area contributed by atoms with Gasteiger partial charge in [0.25, 0.3) is 0 Å². The molecule has 2 aromatic carbocycles. The van der Waals surface area contributed by atoms with E-state index in [-0.39, 0.29) is 30.7 Å². The molecule has 0 bridgehead atoms. The first kappa shape index (κ1) is 20.0. The van der Waals surface area contributed by atoms with Crippen LogP contribution in [0.4, 0.5) is 10.1 Å². The van der Waals surface area contributed by atoms with Crippen molar-refractivity contribution in [2.75, 3.05) is 44.6 Å². The molecule has 0 unspecified atom stereocenters. The van der Waals surface area contributed by atoms with E-state index < -0.39 is 0 Å². The van der Waals surface area contributed by atoms with Gasteiger partial charge in [0.2, 0.25) is 11.8 Å². The quantitative estimate of drug-likeness (QED) is 0.763. The molecule has 2 amide bonds. The summed E-state index contributed by atoms with van der Waals surface area (Å²) in [5, 5.41) is 5.25. The minimum atomic E-state index is -0.366. The van der Waals surface area contributed by atoms with Crippen LogP contribution in [0.1, 0.15) is 5.56 Å². The average Bonchev–Trinajstić information content (AvgIpc) is 2.70. The SMILES string of the molecule is O=C(CN1CCN(Cc2ccccc2)CC1)NCC(=O)Nc1ccc(F)cc1. The van der Waals surface area contributed by atoms with E-state index in [0.717, 1.165) is 32.7 Å². The Balaban J connectivity index is 1.33. The monoisotopic (exact) mass is 384 g/mol. The number of amides is 2. The summed E-state index contributed by atoms with van der Waals surface area (Å²) in [4.78, 5) is 28.4. The van der Waals surface area contributed by atoms with Crippen LogP contribution in [0.5, 0.6) is 0 Å². The molecule has 1 aliphatic rings. The summed E-state index contributed by atoms with van der Waals surface area (Å²) < 4.78 is 12.9. The number of anilines is 1. The van der Waals surface area contributed by atoms with E-state index >= 15 is 0 Å². The molecule has 0 radical (unpaired) electrons. The number of rotatable bonds is 7. The topological polar surface area (TPSA) is 64.7 Å². The lowest BCUT2D eigenvalue weighted by atomic mass is 10.2. The second kappa shape index (κ2) is 9.96. The van der Waals surface area contributed by atoms with Crippen molar-refractivity contribution in [1.29, 1.82) is 0 Å². The number of halogens is 1. The number of nitrogens with zero attached hydrogens (tertiary/aromatic N) is 2. The Labute approximate surface area is 164 Å². The van der Waals surface area contributed by atoms with Crippen molar-refractivity contribution in [1.82, 2.24) is 15.1 Å². The van der Waals surface area contributed by atoms with Crippen LogP contribution in [-0.2, 0) is 16.1 Å². The van der Waals surface area contributed by atoms with Gasteiger partial charge in [-0.1, -0.05) is 30.3 Å². The molecule has 28 heavy (non-hydrogen) atoms. The molecule has 0 atom stereocenters. The number of benzene rings is 2. The molecule has 1 fully saturated rings. The van der Waals surface area contributed by atoms with Crippen LogP contribution in [0.25, 0.3) is 0 Å². The summed E-state index contributed by atoms with van der Waals surface area (Å²) >= 11 is 0. The fraction of sp³-hybridized carbons (Fsp3) is 0.333. The summed E-state index contributed by atoms with van der Waals surface area (Å²) in [7, 11) is 0. The fourth-order valence-corrected chi connectivity index (χ4v) is 3.12.